The minimum atomic E-state index is 0.335. The first-order valence-corrected chi connectivity index (χ1v) is 32.9. The second-order valence-electron chi connectivity index (χ2n) is 20.7. The number of rotatable bonds is 53. The molecule has 6 heteroatoms. The van der Waals surface area contributed by atoms with E-state index in [1.54, 1.807) is 6.92 Å². The zero-order chi connectivity index (χ0) is 54.8. The molecule has 1 atom stereocenters. The molecule has 6 nitrogen and oxygen atoms in total. The number of aliphatic hydroxyl groups excluding tert-OH is 1. The molecule has 0 bridgehead atoms. The highest BCUT2D eigenvalue weighted by molar-refractivity contribution is 5.37. The molecule has 0 aliphatic heterocycles. The first-order chi connectivity index (χ1) is 35.4. The lowest BCUT2D eigenvalue weighted by molar-refractivity contribution is -0.130. The van der Waals surface area contributed by atoms with Gasteiger partial charge in [0.2, 0.25) is 0 Å². The lowest BCUT2D eigenvalue weighted by Gasteiger charge is -2.22. The molecule has 0 spiro atoms. The van der Waals surface area contributed by atoms with Gasteiger partial charge >= 0.3 is 0 Å². The lowest BCUT2D eigenvalue weighted by atomic mass is 9.95. The molecular weight excluding hydrogens is 887 g/mol. The molecule has 440 valence electrons. The Balaban J connectivity index is -0.000000199. The van der Waals surface area contributed by atoms with Crippen molar-refractivity contribution in [2.24, 2.45) is 5.92 Å². The smallest absolute Gasteiger partial charge is 0.293 e. The van der Waals surface area contributed by atoms with Crippen molar-refractivity contribution in [3.05, 3.63) is 0 Å². The van der Waals surface area contributed by atoms with Gasteiger partial charge in [0.15, 0.2) is 0 Å². The largest absolute Gasteiger partial charge is 0.468 e. The van der Waals surface area contributed by atoms with E-state index in [0.717, 1.165) is 13.0 Å². The Hall–Kier alpha value is -1.14. The fourth-order valence-corrected chi connectivity index (χ4v) is 8.79. The number of carbonyl (C=O) groups is 2. The summed E-state index contributed by atoms with van der Waals surface area (Å²) in [4.78, 5) is 22.2. The number of hydrogen-bond donors (Lipinski definition) is 1. The second kappa shape index (κ2) is 89.4. The van der Waals surface area contributed by atoms with Crippen molar-refractivity contribution >= 4 is 12.9 Å². The van der Waals surface area contributed by atoms with Crippen LogP contribution in [0.25, 0.3) is 0 Å². The molecule has 0 saturated heterocycles. The third-order valence-corrected chi connectivity index (χ3v) is 13.5. The molecule has 0 amide bonds. The first-order valence-electron chi connectivity index (χ1n) is 32.9. The van der Waals surface area contributed by atoms with E-state index in [0.29, 0.717) is 38.7 Å². The molecule has 0 aromatic carbocycles. The standard InChI is InChI=1S/C20H40O2.C17H37NO.C15H32.C9H20.C3H6O2.C2H6/c1-3-5-7-9-11-13-15-17-20(18-22-19-21)16-14-12-10-8-6-4-2;1-3-5-7-9-11-14-18(16-13-17-19)15-12-10-8-6-4-2;1-3-5-7-9-11-13-15-14-12-10-8-6-4-2;1-3-5-7-9-8-6-4-2;1-2-5-3-4;1-2/h19-20H,3-18H2,1-2H3;19H,3-17H2,1-2H3;3-15H2,1-2H3;3-9H2,1-2H3;3H,2H2,1H3;1-2H3. The van der Waals surface area contributed by atoms with E-state index in [-0.39, 0.29) is 0 Å². The van der Waals surface area contributed by atoms with Gasteiger partial charge in [-0.1, -0.05) is 332 Å². The van der Waals surface area contributed by atoms with Crippen LogP contribution in [0.15, 0.2) is 0 Å². The summed E-state index contributed by atoms with van der Waals surface area (Å²) in [5, 5.41) is 8.97. The van der Waals surface area contributed by atoms with Crippen LogP contribution in [0.4, 0.5) is 0 Å². The van der Waals surface area contributed by atoms with Crippen LogP contribution >= 0.6 is 0 Å². The Bertz CT molecular complexity index is 796. The Kier molecular flexibility index (Phi) is 102. The van der Waals surface area contributed by atoms with Crippen molar-refractivity contribution in [3.8, 4) is 0 Å². The van der Waals surface area contributed by atoms with Gasteiger partial charge in [0.1, 0.15) is 0 Å². The van der Waals surface area contributed by atoms with Crippen LogP contribution in [0, 0.1) is 5.92 Å². The van der Waals surface area contributed by atoms with Crippen molar-refractivity contribution in [1.82, 2.24) is 4.90 Å². The molecule has 0 aromatic heterocycles. The molecule has 1 N–H and O–H groups in total. The molecule has 1 unspecified atom stereocenters. The summed E-state index contributed by atoms with van der Waals surface area (Å²) in [5.74, 6) is 0.590. The molecule has 0 aromatic rings. The van der Waals surface area contributed by atoms with Gasteiger partial charge in [0, 0.05) is 13.2 Å². The fraction of sp³-hybridized carbons (Fsp3) is 0.970. The third kappa shape index (κ3) is 94.7. The van der Waals surface area contributed by atoms with Gasteiger partial charge in [-0.05, 0) is 58.0 Å². The van der Waals surface area contributed by atoms with Crippen LogP contribution in [0.1, 0.15) is 372 Å². The molecule has 0 fully saturated rings. The number of unbranched alkanes of at least 4 members (excludes halogenated alkanes) is 37. The van der Waals surface area contributed by atoms with E-state index >= 15 is 0 Å². The van der Waals surface area contributed by atoms with Crippen LogP contribution in [-0.2, 0) is 19.1 Å². The SMILES string of the molecule is CC.CCCCCCCCC.CCCCCCCCCC(CCCCCCCC)COC=O.CCCCCCCCCCCCCCC.CCCCCCCN(CCCO)CCCCCCC.CCOC=O. The summed E-state index contributed by atoms with van der Waals surface area (Å²) in [6.45, 7) is 30.0. The quantitative estimate of drug-likeness (QED) is 0.0483. The van der Waals surface area contributed by atoms with Crippen LogP contribution < -0.4 is 0 Å². The summed E-state index contributed by atoms with van der Waals surface area (Å²) in [6.07, 6.45) is 63.5. The molecule has 0 radical (unpaired) electrons. The van der Waals surface area contributed by atoms with Crippen LogP contribution in [0.2, 0.25) is 0 Å². The van der Waals surface area contributed by atoms with Crippen molar-refractivity contribution in [1.29, 1.82) is 0 Å². The molecule has 0 rings (SSSR count). The molecule has 0 aliphatic carbocycles. The number of nitrogens with zero attached hydrogens (tertiary/aromatic N) is 1. The number of ether oxygens (including phenoxy) is 2. The predicted molar refractivity (Wildman–Crippen MR) is 326 cm³/mol. The predicted octanol–water partition coefficient (Wildman–Crippen LogP) is 22.3. The average molecular weight is 1030 g/mol. The van der Waals surface area contributed by atoms with E-state index in [2.05, 4.69) is 65.0 Å². The van der Waals surface area contributed by atoms with E-state index in [1.807, 2.05) is 13.8 Å². The van der Waals surface area contributed by atoms with Crippen molar-refractivity contribution in [3.63, 3.8) is 0 Å². The highest BCUT2D eigenvalue weighted by Gasteiger charge is 2.09. The highest BCUT2D eigenvalue weighted by Crippen LogP contribution is 2.20. The molecule has 0 saturated carbocycles. The highest BCUT2D eigenvalue weighted by atomic mass is 16.5. The Morgan fingerprint density at radius 1 is 0.319 bits per heavy atom. The van der Waals surface area contributed by atoms with Crippen molar-refractivity contribution in [2.75, 3.05) is 39.5 Å². The molecule has 72 heavy (non-hydrogen) atoms. The van der Waals surface area contributed by atoms with Gasteiger partial charge in [-0.2, -0.15) is 0 Å². The van der Waals surface area contributed by atoms with Crippen LogP contribution in [0.3, 0.4) is 0 Å². The summed E-state index contributed by atoms with van der Waals surface area (Å²) in [6, 6.07) is 0. The van der Waals surface area contributed by atoms with Crippen LogP contribution in [0.5, 0.6) is 0 Å². The van der Waals surface area contributed by atoms with E-state index < -0.39 is 0 Å². The summed E-state index contributed by atoms with van der Waals surface area (Å²) in [7, 11) is 0. The molecular formula is C66H141NO5. The number of hydrogen-bond acceptors (Lipinski definition) is 6. The topological polar surface area (TPSA) is 76.1 Å². The van der Waals surface area contributed by atoms with E-state index in [9.17, 15) is 9.59 Å². The normalized spacial score (nSPS) is 10.8. The van der Waals surface area contributed by atoms with E-state index in [1.165, 1.54) is 302 Å². The first kappa shape index (κ1) is 82.2. The monoisotopic (exact) mass is 1030 g/mol. The van der Waals surface area contributed by atoms with Gasteiger partial charge in [0.05, 0.1) is 13.2 Å². The minimum Gasteiger partial charge on any atom is -0.468 e. The summed E-state index contributed by atoms with van der Waals surface area (Å²) < 4.78 is 9.17. The molecule has 0 aliphatic rings. The average Bonchev–Trinajstić information content (AvgIpc) is 3.40. The maximum Gasteiger partial charge on any atom is 0.293 e. The lowest BCUT2D eigenvalue weighted by Crippen LogP contribution is -2.27. The zero-order valence-electron chi connectivity index (χ0n) is 52.0. The Labute approximate surface area is 457 Å². The van der Waals surface area contributed by atoms with Gasteiger partial charge in [-0.15, -0.1) is 0 Å². The number of carbonyl (C=O) groups excluding carboxylic acids is 2. The summed E-state index contributed by atoms with van der Waals surface area (Å²) in [5.41, 5.74) is 0. The Morgan fingerprint density at radius 3 is 0.750 bits per heavy atom. The van der Waals surface area contributed by atoms with Crippen molar-refractivity contribution < 1.29 is 24.2 Å². The van der Waals surface area contributed by atoms with Gasteiger partial charge in [0.25, 0.3) is 12.9 Å². The maximum absolute atomic E-state index is 10.4. The summed E-state index contributed by atoms with van der Waals surface area (Å²) >= 11 is 0. The van der Waals surface area contributed by atoms with Gasteiger partial charge in [-0.25, -0.2) is 0 Å². The van der Waals surface area contributed by atoms with Crippen LogP contribution in [-0.4, -0.2) is 62.4 Å². The Morgan fingerprint density at radius 2 is 0.542 bits per heavy atom. The minimum absolute atomic E-state index is 0.335. The third-order valence-electron chi connectivity index (χ3n) is 13.5. The van der Waals surface area contributed by atoms with Gasteiger partial charge in [-0.3, -0.25) is 9.59 Å². The molecule has 0 heterocycles. The van der Waals surface area contributed by atoms with Gasteiger partial charge < -0.3 is 19.5 Å². The maximum atomic E-state index is 10.4. The zero-order valence-corrected chi connectivity index (χ0v) is 52.0. The second-order valence-corrected chi connectivity index (χ2v) is 20.7. The van der Waals surface area contributed by atoms with Crippen molar-refractivity contribution in [2.45, 2.75) is 372 Å². The van der Waals surface area contributed by atoms with E-state index in [4.69, 9.17) is 9.84 Å². The number of aliphatic hydroxyl groups is 1. The fourth-order valence-electron chi connectivity index (χ4n) is 8.79.